The van der Waals surface area contributed by atoms with Crippen LogP contribution in [-0.2, 0) is 6.54 Å². The minimum absolute atomic E-state index is 0.101. The van der Waals surface area contributed by atoms with Gasteiger partial charge in [0.25, 0.3) is 5.91 Å². The Labute approximate surface area is 137 Å². The van der Waals surface area contributed by atoms with Gasteiger partial charge in [0.1, 0.15) is 0 Å². The Morgan fingerprint density at radius 1 is 1.43 bits per heavy atom. The van der Waals surface area contributed by atoms with Crippen LogP contribution in [0, 0.1) is 11.7 Å². The molecule has 3 aromatic rings. The molecule has 0 aliphatic heterocycles. The number of para-hydroxylation sites is 1. The highest BCUT2D eigenvalue weighted by Gasteiger charge is 2.27. The number of H-pyrrole nitrogens is 2. The first kappa shape index (κ1) is 14.2. The van der Waals surface area contributed by atoms with E-state index in [2.05, 4.69) is 20.5 Å². The molecule has 2 aromatic heterocycles. The molecule has 3 N–H and O–H groups in total. The number of hydrogen-bond donors (Lipinski definition) is 3. The molecular weight excluding hydrogens is 310 g/mol. The van der Waals surface area contributed by atoms with Crippen molar-refractivity contribution in [3.05, 3.63) is 46.1 Å². The van der Waals surface area contributed by atoms with Crippen LogP contribution in [0.15, 0.2) is 24.3 Å². The Morgan fingerprint density at radius 3 is 3.00 bits per heavy atom. The topological polar surface area (TPSA) is 78.5 Å². The minimum atomic E-state index is -0.101. The molecule has 4 rings (SSSR count). The van der Waals surface area contributed by atoms with Gasteiger partial charge < -0.3 is 10.3 Å². The fourth-order valence-electron chi connectivity index (χ4n) is 2.99. The number of carbonyl (C=O) groups is 1. The number of hydrogen-bond acceptors (Lipinski definition) is 3. The lowest BCUT2D eigenvalue weighted by Gasteiger charge is -2.07. The zero-order valence-corrected chi connectivity index (χ0v) is 13.5. The molecule has 7 heteroatoms. The molecule has 1 aliphatic rings. The van der Waals surface area contributed by atoms with Crippen molar-refractivity contribution in [2.45, 2.75) is 32.4 Å². The first-order chi connectivity index (χ1) is 11.1. The van der Waals surface area contributed by atoms with Crippen molar-refractivity contribution >= 4 is 29.0 Å². The first-order valence-corrected chi connectivity index (χ1v) is 8.07. The lowest BCUT2D eigenvalue weighted by Crippen LogP contribution is -2.25. The highest BCUT2D eigenvalue weighted by atomic mass is 32.1. The summed E-state index contributed by atoms with van der Waals surface area (Å²) >= 11 is 5.26. The van der Waals surface area contributed by atoms with Gasteiger partial charge in [0, 0.05) is 22.6 Å². The Hall–Kier alpha value is -2.41. The van der Waals surface area contributed by atoms with Gasteiger partial charge in [0.05, 0.1) is 12.1 Å². The van der Waals surface area contributed by atoms with E-state index in [1.165, 1.54) is 0 Å². The van der Waals surface area contributed by atoms with Crippen LogP contribution in [0.5, 0.6) is 0 Å². The Bertz CT molecular complexity index is 947. The molecule has 6 nitrogen and oxygen atoms in total. The normalized spacial score (nSPS) is 14.3. The van der Waals surface area contributed by atoms with Crippen LogP contribution in [0.25, 0.3) is 10.9 Å². The highest BCUT2D eigenvalue weighted by molar-refractivity contribution is 7.71. The average molecular weight is 327 g/mol. The summed E-state index contributed by atoms with van der Waals surface area (Å²) in [6.45, 7) is 2.27. The van der Waals surface area contributed by atoms with E-state index < -0.39 is 0 Å². The molecule has 0 unspecified atom stereocenters. The summed E-state index contributed by atoms with van der Waals surface area (Å²) in [5.41, 5.74) is 2.52. The fraction of sp³-hybridized carbons (Fsp3) is 0.312. The largest absolute Gasteiger partial charge is 0.358 e. The van der Waals surface area contributed by atoms with Crippen molar-refractivity contribution in [2.24, 2.45) is 0 Å². The molecule has 23 heavy (non-hydrogen) atoms. The zero-order valence-electron chi connectivity index (χ0n) is 12.7. The van der Waals surface area contributed by atoms with Crippen LogP contribution < -0.4 is 5.32 Å². The number of aromatic amines is 2. The van der Waals surface area contributed by atoms with Crippen molar-refractivity contribution in [2.75, 3.05) is 0 Å². The van der Waals surface area contributed by atoms with Crippen LogP contribution in [0.4, 0.5) is 0 Å². The average Bonchev–Trinajstić information content (AvgIpc) is 3.21. The molecule has 118 valence electrons. The number of fused-ring (bicyclic) bond motifs is 1. The van der Waals surface area contributed by atoms with Gasteiger partial charge in [-0.2, -0.15) is 5.10 Å². The molecule has 1 amide bonds. The maximum absolute atomic E-state index is 12.6. The molecule has 1 aromatic carbocycles. The molecule has 1 fully saturated rings. The van der Waals surface area contributed by atoms with Crippen LogP contribution in [0.1, 0.15) is 40.8 Å². The van der Waals surface area contributed by atoms with E-state index in [9.17, 15) is 4.79 Å². The lowest BCUT2D eigenvalue weighted by molar-refractivity contribution is 0.0950. The summed E-state index contributed by atoms with van der Waals surface area (Å²) in [6.07, 6.45) is 2.24. The molecule has 1 aliphatic carbocycles. The van der Waals surface area contributed by atoms with E-state index in [-0.39, 0.29) is 5.91 Å². The Morgan fingerprint density at radius 2 is 2.22 bits per heavy atom. The molecule has 0 bridgehead atoms. The quantitative estimate of drug-likeness (QED) is 0.645. The third-order valence-corrected chi connectivity index (χ3v) is 4.51. The van der Waals surface area contributed by atoms with Gasteiger partial charge in [0.15, 0.2) is 10.6 Å². The number of nitrogens with zero attached hydrogens (tertiary/aromatic N) is 2. The number of aromatic nitrogens is 4. The van der Waals surface area contributed by atoms with E-state index in [0.717, 1.165) is 35.3 Å². The SMILES string of the molecule is Cc1[nH]c2ccccc2c1C(=O)NCc1n[nH]c(=S)n1C1CC1. The molecule has 0 radical (unpaired) electrons. The summed E-state index contributed by atoms with van der Waals surface area (Å²) in [4.78, 5) is 15.9. The third-order valence-electron chi connectivity index (χ3n) is 4.22. The summed E-state index contributed by atoms with van der Waals surface area (Å²) in [5.74, 6) is 0.680. The van der Waals surface area contributed by atoms with Gasteiger partial charge in [-0.3, -0.25) is 14.5 Å². The maximum Gasteiger partial charge on any atom is 0.254 e. The predicted octanol–water partition coefficient (Wildman–Crippen LogP) is 3.00. The van der Waals surface area contributed by atoms with E-state index >= 15 is 0 Å². The smallest absolute Gasteiger partial charge is 0.254 e. The summed E-state index contributed by atoms with van der Waals surface area (Å²) in [7, 11) is 0. The van der Waals surface area contributed by atoms with E-state index in [1.54, 1.807) is 0 Å². The number of rotatable bonds is 4. The van der Waals surface area contributed by atoms with Gasteiger partial charge in [-0.05, 0) is 38.0 Å². The monoisotopic (exact) mass is 327 g/mol. The van der Waals surface area contributed by atoms with Crippen LogP contribution in [-0.4, -0.2) is 25.7 Å². The van der Waals surface area contributed by atoms with Crippen molar-refractivity contribution in [3.8, 4) is 0 Å². The van der Waals surface area contributed by atoms with Gasteiger partial charge in [-0.25, -0.2) is 0 Å². The van der Waals surface area contributed by atoms with Crippen molar-refractivity contribution in [3.63, 3.8) is 0 Å². The molecule has 0 spiro atoms. The standard InChI is InChI=1S/C16H17N5OS/c1-9-14(11-4-2-3-5-12(11)18-9)15(22)17-8-13-19-20-16(23)21(13)10-6-7-10/h2-5,10,18H,6-8H2,1H3,(H,17,22)(H,20,23). The van der Waals surface area contributed by atoms with Crippen molar-refractivity contribution < 1.29 is 4.79 Å². The second-order valence-electron chi connectivity index (χ2n) is 5.90. The number of carbonyl (C=O) groups excluding carboxylic acids is 1. The van der Waals surface area contributed by atoms with Gasteiger partial charge in [0.2, 0.25) is 0 Å². The second kappa shape index (κ2) is 5.34. The van der Waals surface area contributed by atoms with E-state index in [0.29, 0.717) is 22.9 Å². The van der Waals surface area contributed by atoms with Crippen LogP contribution in [0.2, 0.25) is 0 Å². The van der Waals surface area contributed by atoms with E-state index in [4.69, 9.17) is 12.2 Å². The predicted molar refractivity (Wildman–Crippen MR) is 89.9 cm³/mol. The zero-order chi connectivity index (χ0) is 16.0. The van der Waals surface area contributed by atoms with Gasteiger partial charge in [-0.15, -0.1) is 0 Å². The Balaban J connectivity index is 1.58. The summed E-state index contributed by atoms with van der Waals surface area (Å²) in [5, 5.41) is 11.0. The van der Waals surface area contributed by atoms with Crippen LogP contribution in [0.3, 0.4) is 0 Å². The summed E-state index contributed by atoms with van der Waals surface area (Å²) in [6, 6.07) is 8.24. The first-order valence-electron chi connectivity index (χ1n) is 7.66. The summed E-state index contributed by atoms with van der Waals surface area (Å²) < 4.78 is 2.64. The highest BCUT2D eigenvalue weighted by Crippen LogP contribution is 2.35. The molecule has 0 saturated heterocycles. The van der Waals surface area contributed by atoms with Crippen LogP contribution >= 0.6 is 12.2 Å². The number of nitrogens with one attached hydrogen (secondary N) is 3. The molecule has 1 saturated carbocycles. The number of amides is 1. The van der Waals surface area contributed by atoms with E-state index in [1.807, 2.05) is 35.8 Å². The maximum atomic E-state index is 12.6. The fourth-order valence-corrected chi connectivity index (χ4v) is 3.29. The van der Waals surface area contributed by atoms with Crippen molar-refractivity contribution in [1.82, 2.24) is 25.1 Å². The van der Waals surface area contributed by atoms with Crippen molar-refractivity contribution in [1.29, 1.82) is 0 Å². The minimum Gasteiger partial charge on any atom is -0.358 e. The van der Waals surface area contributed by atoms with Gasteiger partial charge in [-0.1, -0.05) is 18.2 Å². The molecule has 2 heterocycles. The second-order valence-corrected chi connectivity index (χ2v) is 6.29. The number of benzene rings is 1. The number of aryl methyl sites for hydroxylation is 1. The third kappa shape index (κ3) is 2.46. The molecule has 0 atom stereocenters. The lowest BCUT2D eigenvalue weighted by atomic mass is 10.1. The van der Waals surface area contributed by atoms with Gasteiger partial charge >= 0.3 is 0 Å². The molecular formula is C16H17N5OS. The Kier molecular flexibility index (Phi) is 3.30.